The molecule has 0 aliphatic carbocycles. The second kappa shape index (κ2) is 7.86. The Kier molecular flexibility index (Phi) is 6.81. The van der Waals surface area contributed by atoms with Gasteiger partial charge in [-0.2, -0.15) is 16.7 Å². The van der Waals surface area contributed by atoms with E-state index in [1.165, 1.54) is 5.75 Å². The average molecular weight is 289 g/mol. The van der Waals surface area contributed by atoms with Crippen LogP contribution in [0.2, 0.25) is 0 Å². The van der Waals surface area contributed by atoms with Crippen molar-refractivity contribution in [3.63, 3.8) is 0 Å². The van der Waals surface area contributed by atoms with Crippen LogP contribution in [0.5, 0.6) is 5.88 Å². The van der Waals surface area contributed by atoms with E-state index in [1.54, 1.807) is 18.4 Å². The zero-order valence-corrected chi connectivity index (χ0v) is 13.5. The molecule has 1 N–H and O–H groups in total. The molecule has 0 bridgehead atoms. The normalized spacial score (nSPS) is 12.5. The Morgan fingerprint density at radius 1 is 1.50 bits per heavy atom. The van der Waals surface area contributed by atoms with E-state index < -0.39 is 0 Å². The smallest absolute Gasteiger partial charge is 0.230 e. The Morgan fingerprint density at radius 3 is 2.78 bits per heavy atom. The van der Waals surface area contributed by atoms with Crippen molar-refractivity contribution < 1.29 is 4.74 Å². The third-order valence-corrected chi connectivity index (χ3v) is 4.56. The molecule has 6 heteroatoms. The van der Waals surface area contributed by atoms with Crippen LogP contribution in [0.25, 0.3) is 0 Å². The van der Waals surface area contributed by atoms with Gasteiger partial charge in [-0.1, -0.05) is 18.3 Å². The van der Waals surface area contributed by atoms with E-state index in [2.05, 4.69) is 23.5 Å². The number of aromatic nitrogens is 1. The first-order valence-electron chi connectivity index (χ1n) is 5.99. The van der Waals surface area contributed by atoms with E-state index in [1.807, 2.05) is 30.8 Å². The van der Waals surface area contributed by atoms with Gasteiger partial charge in [-0.15, -0.1) is 0 Å². The predicted octanol–water partition coefficient (Wildman–Crippen LogP) is 2.31. The number of nitrogens with one attached hydrogen (secondary N) is 1. The molecule has 0 saturated carbocycles. The molecule has 0 aliphatic rings. The molecule has 18 heavy (non-hydrogen) atoms. The Balaban J connectivity index is 2.50. The fourth-order valence-corrected chi connectivity index (χ4v) is 3.17. The van der Waals surface area contributed by atoms with Crippen LogP contribution >= 0.6 is 23.1 Å². The molecule has 104 valence electrons. The van der Waals surface area contributed by atoms with Crippen LogP contribution in [0, 0.1) is 5.92 Å². The van der Waals surface area contributed by atoms with Crippen molar-refractivity contribution in [3.05, 3.63) is 4.88 Å². The standard InChI is InChI=1S/C12H23N3OS2/c1-9(8-17-5)6-13-7-10-11(16-4)14-12(18-10)15(2)3/h9,13H,6-8H2,1-5H3. The summed E-state index contributed by atoms with van der Waals surface area (Å²) in [4.78, 5) is 7.61. The van der Waals surface area contributed by atoms with Crippen molar-refractivity contribution in [2.75, 3.05) is 44.7 Å². The minimum absolute atomic E-state index is 0.687. The third-order valence-electron chi connectivity index (χ3n) is 2.46. The van der Waals surface area contributed by atoms with Gasteiger partial charge in [-0.3, -0.25) is 0 Å². The topological polar surface area (TPSA) is 37.4 Å². The zero-order chi connectivity index (χ0) is 13.5. The summed E-state index contributed by atoms with van der Waals surface area (Å²) in [6.07, 6.45) is 2.14. The Morgan fingerprint density at radius 2 is 2.22 bits per heavy atom. The first kappa shape index (κ1) is 15.6. The highest BCUT2D eigenvalue weighted by molar-refractivity contribution is 7.98. The van der Waals surface area contributed by atoms with E-state index in [-0.39, 0.29) is 0 Å². The fraction of sp³-hybridized carbons (Fsp3) is 0.750. The monoisotopic (exact) mass is 289 g/mol. The van der Waals surface area contributed by atoms with Crippen LogP contribution in [0.15, 0.2) is 0 Å². The quantitative estimate of drug-likeness (QED) is 0.795. The molecule has 1 aromatic rings. The molecule has 1 aromatic heterocycles. The van der Waals surface area contributed by atoms with Crippen LogP contribution in [-0.4, -0.2) is 44.7 Å². The van der Waals surface area contributed by atoms with Gasteiger partial charge in [-0.25, -0.2) is 0 Å². The van der Waals surface area contributed by atoms with Crippen molar-refractivity contribution in [3.8, 4) is 5.88 Å². The second-order valence-electron chi connectivity index (χ2n) is 4.51. The van der Waals surface area contributed by atoms with Crippen molar-refractivity contribution in [2.24, 2.45) is 5.92 Å². The average Bonchev–Trinajstić information content (AvgIpc) is 2.73. The number of nitrogens with zero attached hydrogens (tertiary/aromatic N) is 2. The number of hydrogen-bond donors (Lipinski definition) is 1. The predicted molar refractivity (Wildman–Crippen MR) is 82.2 cm³/mol. The summed E-state index contributed by atoms with van der Waals surface area (Å²) in [6, 6.07) is 0. The Labute approximate surface area is 118 Å². The molecule has 0 fully saturated rings. The lowest BCUT2D eigenvalue weighted by molar-refractivity contribution is 0.394. The Hall–Kier alpha value is -0.460. The van der Waals surface area contributed by atoms with E-state index in [0.29, 0.717) is 5.92 Å². The summed E-state index contributed by atoms with van der Waals surface area (Å²) in [6.45, 7) is 4.12. The highest BCUT2D eigenvalue weighted by atomic mass is 32.2. The molecule has 0 aliphatic heterocycles. The third kappa shape index (κ3) is 4.66. The van der Waals surface area contributed by atoms with Gasteiger partial charge in [0.1, 0.15) is 0 Å². The summed E-state index contributed by atoms with van der Waals surface area (Å²) in [5.74, 6) is 2.62. The van der Waals surface area contributed by atoms with Crippen LogP contribution in [-0.2, 0) is 6.54 Å². The molecule has 0 spiro atoms. The van der Waals surface area contributed by atoms with Crippen molar-refractivity contribution in [1.82, 2.24) is 10.3 Å². The van der Waals surface area contributed by atoms with Gasteiger partial charge in [0.05, 0.1) is 12.0 Å². The summed E-state index contributed by atoms with van der Waals surface area (Å²) >= 11 is 3.57. The maximum absolute atomic E-state index is 5.31. The lowest BCUT2D eigenvalue weighted by atomic mass is 10.2. The summed E-state index contributed by atoms with van der Waals surface area (Å²) in [5, 5.41) is 4.46. The molecule has 0 saturated heterocycles. The molecule has 1 rings (SSSR count). The summed E-state index contributed by atoms with van der Waals surface area (Å²) in [5.41, 5.74) is 0. The molecule has 1 atom stereocenters. The van der Waals surface area contributed by atoms with Gasteiger partial charge in [-0.05, 0) is 24.5 Å². The fourth-order valence-electron chi connectivity index (χ4n) is 1.56. The SMILES string of the molecule is COc1nc(N(C)C)sc1CNCC(C)CSC. The molecule has 1 unspecified atom stereocenters. The number of anilines is 1. The number of ether oxygens (including phenoxy) is 1. The summed E-state index contributed by atoms with van der Waals surface area (Å²) < 4.78 is 5.31. The van der Waals surface area contributed by atoms with Crippen LogP contribution in [0.3, 0.4) is 0 Å². The minimum Gasteiger partial charge on any atom is -0.480 e. The van der Waals surface area contributed by atoms with E-state index in [4.69, 9.17) is 4.74 Å². The van der Waals surface area contributed by atoms with Crippen LogP contribution < -0.4 is 15.0 Å². The first-order valence-corrected chi connectivity index (χ1v) is 8.20. The van der Waals surface area contributed by atoms with Gasteiger partial charge in [0, 0.05) is 20.6 Å². The molecule has 1 heterocycles. The van der Waals surface area contributed by atoms with Gasteiger partial charge >= 0.3 is 0 Å². The van der Waals surface area contributed by atoms with Crippen LogP contribution in [0.1, 0.15) is 11.8 Å². The summed E-state index contributed by atoms with van der Waals surface area (Å²) in [7, 11) is 5.67. The minimum atomic E-state index is 0.687. The number of methoxy groups -OCH3 is 1. The number of thioether (sulfide) groups is 1. The zero-order valence-electron chi connectivity index (χ0n) is 11.8. The van der Waals surface area contributed by atoms with Crippen molar-refractivity contribution in [2.45, 2.75) is 13.5 Å². The van der Waals surface area contributed by atoms with Gasteiger partial charge in [0.2, 0.25) is 5.88 Å². The molecular weight excluding hydrogens is 266 g/mol. The van der Waals surface area contributed by atoms with Gasteiger partial charge in [0.25, 0.3) is 0 Å². The van der Waals surface area contributed by atoms with Crippen molar-refractivity contribution in [1.29, 1.82) is 0 Å². The molecule has 0 radical (unpaired) electrons. The van der Waals surface area contributed by atoms with Gasteiger partial charge < -0.3 is 15.0 Å². The number of hydrogen-bond acceptors (Lipinski definition) is 6. The molecular formula is C12H23N3OS2. The number of rotatable bonds is 8. The molecule has 0 amide bonds. The van der Waals surface area contributed by atoms with Gasteiger partial charge in [0.15, 0.2) is 5.13 Å². The highest BCUT2D eigenvalue weighted by Gasteiger charge is 2.12. The number of thiazole rings is 1. The lowest BCUT2D eigenvalue weighted by Crippen LogP contribution is -2.21. The highest BCUT2D eigenvalue weighted by Crippen LogP contribution is 2.30. The van der Waals surface area contributed by atoms with E-state index >= 15 is 0 Å². The van der Waals surface area contributed by atoms with E-state index in [0.717, 1.165) is 29.0 Å². The maximum atomic E-state index is 5.31. The van der Waals surface area contributed by atoms with Crippen LogP contribution in [0.4, 0.5) is 5.13 Å². The molecule has 0 aromatic carbocycles. The largest absolute Gasteiger partial charge is 0.480 e. The lowest BCUT2D eigenvalue weighted by Gasteiger charge is -2.10. The Bertz CT molecular complexity index is 355. The second-order valence-corrected chi connectivity index (χ2v) is 6.49. The van der Waals surface area contributed by atoms with E-state index in [9.17, 15) is 0 Å². The first-order chi connectivity index (χ1) is 8.58. The van der Waals surface area contributed by atoms with Crippen molar-refractivity contribution >= 4 is 28.2 Å². The molecule has 4 nitrogen and oxygen atoms in total. The maximum Gasteiger partial charge on any atom is 0.230 e.